The molecular formula is C14H17N5OS. The van der Waals surface area contributed by atoms with Gasteiger partial charge in [-0.2, -0.15) is 5.10 Å². The molecule has 0 bridgehead atoms. The van der Waals surface area contributed by atoms with Gasteiger partial charge in [-0.05, 0) is 13.0 Å². The molecule has 6 nitrogen and oxygen atoms in total. The van der Waals surface area contributed by atoms with Gasteiger partial charge in [-0.3, -0.25) is 14.4 Å². The molecule has 7 heteroatoms. The van der Waals surface area contributed by atoms with E-state index in [1.807, 2.05) is 6.07 Å². The highest BCUT2D eigenvalue weighted by atomic mass is 32.1. The maximum absolute atomic E-state index is 5.65. The molecule has 0 spiro atoms. The fraction of sp³-hybridized carbons (Fsp3) is 0.429. The molecular weight excluding hydrogens is 286 g/mol. The van der Waals surface area contributed by atoms with Gasteiger partial charge in [0.1, 0.15) is 0 Å². The third kappa shape index (κ3) is 2.27. The first-order valence-electron chi connectivity index (χ1n) is 7.05. The topological polar surface area (TPSA) is 58.4 Å². The predicted molar refractivity (Wildman–Crippen MR) is 80.4 cm³/mol. The number of H-pyrrole nitrogens is 1. The lowest BCUT2D eigenvalue weighted by atomic mass is 10.1. The molecule has 0 aliphatic carbocycles. The molecule has 3 aromatic heterocycles. The molecule has 110 valence electrons. The van der Waals surface area contributed by atoms with Gasteiger partial charge in [-0.15, -0.1) is 11.3 Å². The average Bonchev–Trinajstić information content (AvgIpc) is 3.20. The zero-order valence-electron chi connectivity index (χ0n) is 11.8. The van der Waals surface area contributed by atoms with Gasteiger partial charge in [-0.1, -0.05) is 0 Å². The minimum absolute atomic E-state index is 0.227. The number of ether oxygens (including phenoxy) is 1. The summed E-state index contributed by atoms with van der Waals surface area (Å²) < 4.78 is 7.84. The quantitative estimate of drug-likeness (QED) is 0.804. The molecule has 3 aromatic rings. The van der Waals surface area contributed by atoms with Crippen molar-refractivity contribution in [1.82, 2.24) is 24.5 Å². The standard InChI is InChI=1S/C14H17N5OS/c1-10-12(19-5-7-21-14(19)16-10)8-18-4-6-20-9-13(18)11-2-3-15-17-11/h2-3,5,7,13H,4,6,8-9H2,1H3,(H,15,17)/t13-/m0/s1. The Hall–Kier alpha value is -1.70. The Morgan fingerprint density at radius 1 is 1.52 bits per heavy atom. The summed E-state index contributed by atoms with van der Waals surface area (Å²) in [6, 6.07) is 2.25. The van der Waals surface area contributed by atoms with Crippen molar-refractivity contribution in [3.05, 3.63) is 40.9 Å². The van der Waals surface area contributed by atoms with Crippen LogP contribution in [-0.2, 0) is 11.3 Å². The molecule has 4 rings (SSSR count). The summed E-state index contributed by atoms with van der Waals surface area (Å²) in [5.41, 5.74) is 3.48. The Kier molecular flexibility index (Phi) is 3.25. The SMILES string of the molecule is Cc1nc2sccn2c1CN1CCOC[C@H]1c1ccn[nH]1. The molecule has 4 heterocycles. The number of nitrogens with zero attached hydrogens (tertiary/aromatic N) is 4. The predicted octanol–water partition coefficient (Wildman–Crippen LogP) is 2.00. The Morgan fingerprint density at radius 2 is 2.48 bits per heavy atom. The number of thiazole rings is 1. The van der Waals surface area contributed by atoms with Gasteiger partial charge in [0.2, 0.25) is 0 Å². The lowest BCUT2D eigenvalue weighted by molar-refractivity contribution is -0.0150. The number of hydrogen-bond donors (Lipinski definition) is 1. The van der Waals surface area contributed by atoms with Crippen LogP contribution < -0.4 is 0 Å². The van der Waals surface area contributed by atoms with Crippen LogP contribution in [-0.4, -0.2) is 44.2 Å². The zero-order valence-corrected chi connectivity index (χ0v) is 12.6. The molecule has 1 aliphatic rings. The lowest BCUT2D eigenvalue weighted by Gasteiger charge is -2.34. The molecule has 21 heavy (non-hydrogen) atoms. The van der Waals surface area contributed by atoms with E-state index in [-0.39, 0.29) is 6.04 Å². The van der Waals surface area contributed by atoms with Crippen molar-refractivity contribution in [2.45, 2.75) is 19.5 Å². The third-order valence-electron chi connectivity index (χ3n) is 4.03. The minimum Gasteiger partial charge on any atom is -0.378 e. The van der Waals surface area contributed by atoms with Crippen molar-refractivity contribution in [2.24, 2.45) is 0 Å². The summed E-state index contributed by atoms with van der Waals surface area (Å²) in [6.45, 7) is 5.35. The largest absolute Gasteiger partial charge is 0.378 e. The molecule has 1 atom stereocenters. The Balaban J connectivity index is 1.65. The van der Waals surface area contributed by atoms with Crippen LogP contribution in [0, 0.1) is 6.92 Å². The van der Waals surface area contributed by atoms with Gasteiger partial charge < -0.3 is 4.74 Å². The van der Waals surface area contributed by atoms with Crippen LogP contribution in [0.4, 0.5) is 0 Å². The van der Waals surface area contributed by atoms with Crippen molar-refractivity contribution >= 4 is 16.3 Å². The van der Waals surface area contributed by atoms with E-state index in [1.165, 1.54) is 5.69 Å². The number of morpholine rings is 1. The first-order valence-corrected chi connectivity index (χ1v) is 7.93. The minimum atomic E-state index is 0.227. The number of aryl methyl sites for hydroxylation is 1. The van der Waals surface area contributed by atoms with Crippen LogP contribution in [0.3, 0.4) is 0 Å². The fourth-order valence-electron chi connectivity index (χ4n) is 2.89. The van der Waals surface area contributed by atoms with Crippen LogP contribution in [0.2, 0.25) is 0 Å². The maximum Gasteiger partial charge on any atom is 0.194 e. The van der Waals surface area contributed by atoms with Crippen LogP contribution in [0.5, 0.6) is 0 Å². The highest BCUT2D eigenvalue weighted by Gasteiger charge is 2.27. The summed E-state index contributed by atoms with van der Waals surface area (Å²) in [5, 5.41) is 9.22. The monoisotopic (exact) mass is 303 g/mol. The van der Waals surface area contributed by atoms with Crippen molar-refractivity contribution < 1.29 is 4.74 Å². The zero-order chi connectivity index (χ0) is 14.2. The van der Waals surface area contributed by atoms with Gasteiger partial charge in [0.15, 0.2) is 4.96 Å². The number of nitrogens with one attached hydrogen (secondary N) is 1. The summed E-state index contributed by atoms with van der Waals surface area (Å²) in [6.07, 6.45) is 3.89. The highest BCUT2D eigenvalue weighted by molar-refractivity contribution is 7.15. The second-order valence-corrected chi connectivity index (χ2v) is 6.15. The molecule has 0 unspecified atom stereocenters. The van der Waals surface area contributed by atoms with Gasteiger partial charge in [0.25, 0.3) is 0 Å². The third-order valence-corrected chi connectivity index (χ3v) is 4.79. The van der Waals surface area contributed by atoms with Crippen LogP contribution in [0.15, 0.2) is 23.8 Å². The van der Waals surface area contributed by atoms with Crippen molar-refractivity contribution in [1.29, 1.82) is 0 Å². The molecule has 0 saturated carbocycles. The highest BCUT2D eigenvalue weighted by Crippen LogP contribution is 2.26. The first-order chi connectivity index (χ1) is 10.3. The van der Waals surface area contributed by atoms with E-state index in [4.69, 9.17) is 4.74 Å². The summed E-state index contributed by atoms with van der Waals surface area (Å²) in [7, 11) is 0. The Labute approximate surface area is 126 Å². The lowest BCUT2D eigenvalue weighted by Crippen LogP contribution is -2.39. The molecule has 0 radical (unpaired) electrons. The van der Waals surface area contributed by atoms with Crippen molar-refractivity contribution in [3.8, 4) is 0 Å². The van der Waals surface area contributed by atoms with E-state index < -0.39 is 0 Å². The average molecular weight is 303 g/mol. The summed E-state index contributed by atoms with van der Waals surface area (Å²) in [5.74, 6) is 0. The number of imidazole rings is 1. The molecule has 0 aromatic carbocycles. The first kappa shape index (κ1) is 13.0. The number of aromatic amines is 1. The van der Waals surface area contributed by atoms with E-state index in [2.05, 4.69) is 43.0 Å². The maximum atomic E-state index is 5.65. The van der Waals surface area contributed by atoms with Gasteiger partial charge in [-0.25, -0.2) is 4.98 Å². The normalized spacial score (nSPS) is 20.3. The van der Waals surface area contributed by atoms with E-state index in [1.54, 1.807) is 17.5 Å². The van der Waals surface area contributed by atoms with Crippen LogP contribution >= 0.6 is 11.3 Å². The fourth-order valence-corrected chi connectivity index (χ4v) is 3.67. The number of rotatable bonds is 3. The van der Waals surface area contributed by atoms with E-state index >= 15 is 0 Å². The van der Waals surface area contributed by atoms with Gasteiger partial charge in [0, 0.05) is 30.9 Å². The van der Waals surface area contributed by atoms with Crippen LogP contribution in [0.25, 0.3) is 4.96 Å². The second kappa shape index (κ2) is 5.25. The smallest absolute Gasteiger partial charge is 0.194 e. The molecule has 1 N–H and O–H groups in total. The molecule has 1 fully saturated rings. The summed E-state index contributed by atoms with van der Waals surface area (Å²) >= 11 is 1.68. The number of aromatic nitrogens is 4. The Bertz CT molecular complexity index is 732. The van der Waals surface area contributed by atoms with E-state index in [0.29, 0.717) is 6.61 Å². The number of hydrogen-bond acceptors (Lipinski definition) is 5. The molecule has 1 aliphatic heterocycles. The van der Waals surface area contributed by atoms with Gasteiger partial charge in [0.05, 0.1) is 36.3 Å². The Morgan fingerprint density at radius 3 is 3.33 bits per heavy atom. The number of fused-ring (bicyclic) bond motifs is 1. The van der Waals surface area contributed by atoms with Crippen molar-refractivity contribution in [3.63, 3.8) is 0 Å². The van der Waals surface area contributed by atoms with Gasteiger partial charge >= 0.3 is 0 Å². The van der Waals surface area contributed by atoms with E-state index in [9.17, 15) is 0 Å². The van der Waals surface area contributed by atoms with E-state index in [0.717, 1.165) is 36.0 Å². The van der Waals surface area contributed by atoms with Crippen LogP contribution in [0.1, 0.15) is 23.1 Å². The molecule has 1 saturated heterocycles. The van der Waals surface area contributed by atoms with Crippen molar-refractivity contribution in [2.75, 3.05) is 19.8 Å². The molecule has 0 amide bonds. The summed E-state index contributed by atoms with van der Waals surface area (Å²) in [4.78, 5) is 8.13. The second-order valence-electron chi connectivity index (χ2n) is 5.27.